The number of esters is 1. The van der Waals surface area contributed by atoms with Crippen LogP contribution in [0.2, 0.25) is 0 Å². The van der Waals surface area contributed by atoms with Crippen LogP contribution >= 0.6 is 0 Å². The molecule has 2 fully saturated rings. The molecule has 2 aliphatic heterocycles. The molecule has 0 aromatic heterocycles. The van der Waals surface area contributed by atoms with E-state index in [0.29, 0.717) is 19.0 Å². The summed E-state index contributed by atoms with van der Waals surface area (Å²) in [5, 5.41) is 2.44. The van der Waals surface area contributed by atoms with Crippen LogP contribution in [-0.2, 0) is 30.4 Å². The van der Waals surface area contributed by atoms with Crippen molar-refractivity contribution in [1.82, 2.24) is 10.2 Å². The van der Waals surface area contributed by atoms with Gasteiger partial charge >= 0.3 is 5.97 Å². The van der Waals surface area contributed by atoms with Gasteiger partial charge in [0.1, 0.15) is 30.0 Å². The number of carbonyl (C=O) groups excluding carboxylic acids is 3. The van der Waals surface area contributed by atoms with E-state index in [1.807, 2.05) is 36.4 Å². The first-order valence-corrected chi connectivity index (χ1v) is 12.5. The number of rotatable bonds is 8. The van der Waals surface area contributed by atoms with Gasteiger partial charge in [-0.05, 0) is 29.8 Å². The third-order valence-electron chi connectivity index (χ3n) is 6.49. The van der Waals surface area contributed by atoms with Crippen molar-refractivity contribution in [1.29, 1.82) is 0 Å². The first kappa shape index (κ1) is 26.3. The van der Waals surface area contributed by atoms with E-state index >= 15 is 0 Å². The normalized spacial score (nSPS) is 17.7. The molecular formula is C29H27FN2O7. The molecule has 2 aliphatic rings. The van der Waals surface area contributed by atoms with Crippen molar-refractivity contribution in [2.24, 2.45) is 0 Å². The fourth-order valence-corrected chi connectivity index (χ4v) is 4.56. The molecule has 1 spiro atoms. The Morgan fingerprint density at radius 3 is 2.33 bits per heavy atom. The lowest BCUT2D eigenvalue weighted by molar-refractivity contribution is -0.155. The van der Waals surface area contributed by atoms with E-state index in [2.05, 4.69) is 5.32 Å². The second-order valence-corrected chi connectivity index (χ2v) is 9.18. The summed E-state index contributed by atoms with van der Waals surface area (Å²) in [4.78, 5) is 40.1. The van der Waals surface area contributed by atoms with Gasteiger partial charge in [-0.25, -0.2) is 9.18 Å². The van der Waals surface area contributed by atoms with Crippen LogP contribution < -0.4 is 10.1 Å². The topological polar surface area (TPSA) is 103 Å². The van der Waals surface area contributed by atoms with E-state index < -0.39 is 42.0 Å². The summed E-state index contributed by atoms with van der Waals surface area (Å²) >= 11 is 0. The Hall–Kier alpha value is -4.28. The monoisotopic (exact) mass is 534 g/mol. The second-order valence-electron chi connectivity index (χ2n) is 9.18. The summed E-state index contributed by atoms with van der Waals surface area (Å²) in [7, 11) is 0. The second kappa shape index (κ2) is 11.6. The van der Waals surface area contributed by atoms with Gasteiger partial charge in [0.15, 0.2) is 5.79 Å². The van der Waals surface area contributed by atoms with Gasteiger partial charge in [-0.2, -0.15) is 0 Å². The standard InChI is InChI=1S/C29H27FN2O7/c30-24-15-22(39-21-9-5-2-6-10-21)11-12-23(24)27(34)31-17-26(33)32-19-29(37-13-14-38-29)16-25(32)28(35)36-18-20-7-3-1-4-8-20/h1-12,15,25H,13-14,16-19H2,(H,31,34)/t25-/m0/s1. The molecule has 5 rings (SSSR count). The van der Waals surface area contributed by atoms with Crippen LogP contribution in [0.1, 0.15) is 22.3 Å². The molecular weight excluding hydrogens is 507 g/mol. The van der Waals surface area contributed by atoms with Crippen LogP contribution in [0.4, 0.5) is 4.39 Å². The van der Waals surface area contributed by atoms with Crippen LogP contribution in [0.15, 0.2) is 78.9 Å². The molecule has 2 heterocycles. The number of likely N-dealkylation sites (tertiary alicyclic amines) is 1. The van der Waals surface area contributed by atoms with E-state index in [1.54, 1.807) is 24.3 Å². The van der Waals surface area contributed by atoms with Gasteiger partial charge in [0.2, 0.25) is 5.91 Å². The minimum Gasteiger partial charge on any atom is -0.459 e. The van der Waals surface area contributed by atoms with Gasteiger partial charge in [0, 0.05) is 12.5 Å². The van der Waals surface area contributed by atoms with E-state index in [9.17, 15) is 18.8 Å². The summed E-state index contributed by atoms with van der Waals surface area (Å²) < 4.78 is 37.2. The summed E-state index contributed by atoms with van der Waals surface area (Å²) in [5.74, 6) is -3.09. The average Bonchev–Trinajstić information content (AvgIpc) is 3.58. The number of nitrogens with one attached hydrogen (secondary N) is 1. The number of carbonyl (C=O) groups is 3. The molecule has 39 heavy (non-hydrogen) atoms. The van der Waals surface area contributed by atoms with Crippen LogP contribution in [0.3, 0.4) is 0 Å². The third kappa shape index (κ3) is 6.24. The highest BCUT2D eigenvalue weighted by atomic mass is 19.1. The van der Waals surface area contributed by atoms with Crippen molar-refractivity contribution in [2.75, 3.05) is 26.3 Å². The lowest BCUT2D eigenvalue weighted by atomic mass is 10.1. The highest BCUT2D eigenvalue weighted by Crippen LogP contribution is 2.35. The van der Waals surface area contributed by atoms with Crippen molar-refractivity contribution in [3.05, 3.63) is 95.8 Å². The van der Waals surface area contributed by atoms with Crippen molar-refractivity contribution in [2.45, 2.75) is 24.9 Å². The average molecular weight is 535 g/mol. The molecule has 0 unspecified atom stereocenters. The Balaban J connectivity index is 1.21. The lowest BCUT2D eigenvalue weighted by Gasteiger charge is -2.24. The predicted molar refractivity (Wildman–Crippen MR) is 136 cm³/mol. The molecule has 0 radical (unpaired) electrons. The number of nitrogens with zero attached hydrogens (tertiary/aromatic N) is 1. The summed E-state index contributed by atoms with van der Waals surface area (Å²) in [6.07, 6.45) is 0.109. The maximum Gasteiger partial charge on any atom is 0.329 e. The number of para-hydroxylation sites is 1. The fraction of sp³-hybridized carbons (Fsp3) is 0.276. The number of amides is 2. The molecule has 0 saturated carbocycles. The molecule has 10 heteroatoms. The van der Waals surface area contributed by atoms with E-state index in [0.717, 1.165) is 11.6 Å². The Bertz CT molecular complexity index is 1330. The molecule has 3 aromatic rings. The molecule has 9 nitrogen and oxygen atoms in total. The van der Waals surface area contributed by atoms with Crippen molar-refractivity contribution >= 4 is 17.8 Å². The molecule has 2 saturated heterocycles. The number of ether oxygens (including phenoxy) is 4. The van der Waals surface area contributed by atoms with Gasteiger partial charge in [-0.15, -0.1) is 0 Å². The van der Waals surface area contributed by atoms with E-state index in [-0.39, 0.29) is 30.9 Å². The van der Waals surface area contributed by atoms with Crippen LogP contribution in [0, 0.1) is 5.82 Å². The van der Waals surface area contributed by atoms with Gasteiger partial charge in [0.05, 0.1) is 31.9 Å². The molecule has 0 bridgehead atoms. The predicted octanol–water partition coefficient (Wildman–Crippen LogP) is 3.44. The van der Waals surface area contributed by atoms with Gasteiger partial charge in [-0.1, -0.05) is 48.5 Å². The zero-order valence-corrected chi connectivity index (χ0v) is 21.0. The minimum atomic E-state index is -1.10. The van der Waals surface area contributed by atoms with Crippen molar-refractivity contribution in [3.63, 3.8) is 0 Å². The summed E-state index contributed by atoms with van der Waals surface area (Å²) in [5.41, 5.74) is 0.557. The molecule has 202 valence electrons. The van der Waals surface area contributed by atoms with E-state index in [4.69, 9.17) is 18.9 Å². The van der Waals surface area contributed by atoms with Crippen LogP contribution in [0.5, 0.6) is 11.5 Å². The van der Waals surface area contributed by atoms with Crippen LogP contribution in [-0.4, -0.2) is 60.8 Å². The largest absolute Gasteiger partial charge is 0.459 e. The smallest absolute Gasteiger partial charge is 0.329 e. The SMILES string of the molecule is O=C(NCC(=O)N1CC2(C[C@H]1C(=O)OCc1ccccc1)OCCO2)c1ccc(Oc2ccccc2)cc1F. The number of halogens is 1. The highest BCUT2D eigenvalue weighted by Gasteiger charge is 2.53. The number of hydrogen-bond acceptors (Lipinski definition) is 7. The summed E-state index contributed by atoms with van der Waals surface area (Å²) in [6.45, 7) is 0.278. The minimum absolute atomic E-state index is 0.00664. The van der Waals surface area contributed by atoms with Gasteiger partial charge in [0.25, 0.3) is 5.91 Å². The fourth-order valence-electron chi connectivity index (χ4n) is 4.56. The van der Waals surface area contributed by atoms with Crippen LogP contribution in [0.25, 0.3) is 0 Å². The Kier molecular flexibility index (Phi) is 7.85. The molecule has 1 N–H and O–H groups in total. The van der Waals surface area contributed by atoms with E-state index in [1.165, 1.54) is 17.0 Å². The zero-order chi connectivity index (χ0) is 27.2. The Labute approximate surface area is 224 Å². The zero-order valence-electron chi connectivity index (χ0n) is 21.0. The third-order valence-corrected chi connectivity index (χ3v) is 6.49. The maximum atomic E-state index is 14.7. The molecule has 1 atom stereocenters. The first-order valence-electron chi connectivity index (χ1n) is 12.5. The lowest BCUT2D eigenvalue weighted by Crippen LogP contribution is -2.46. The number of hydrogen-bond donors (Lipinski definition) is 1. The highest BCUT2D eigenvalue weighted by molar-refractivity contribution is 5.97. The first-order chi connectivity index (χ1) is 18.9. The molecule has 3 aromatic carbocycles. The number of benzene rings is 3. The maximum absolute atomic E-state index is 14.7. The van der Waals surface area contributed by atoms with Gasteiger partial charge in [-0.3, -0.25) is 9.59 Å². The quantitative estimate of drug-likeness (QED) is 0.442. The Morgan fingerprint density at radius 2 is 1.64 bits per heavy atom. The Morgan fingerprint density at radius 1 is 0.949 bits per heavy atom. The molecule has 0 aliphatic carbocycles. The van der Waals surface area contributed by atoms with Crippen molar-refractivity contribution < 1.29 is 37.7 Å². The molecule has 2 amide bonds. The summed E-state index contributed by atoms with van der Waals surface area (Å²) in [6, 6.07) is 20.9. The van der Waals surface area contributed by atoms with Crippen molar-refractivity contribution in [3.8, 4) is 11.5 Å². The van der Waals surface area contributed by atoms with Gasteiger partial charge < -0.3 is 29.2 Å².